The summed E-state index contributed by atoms with van der Waals surface area (Å²) in [7, 11) is 1.77. The molecule has 2 aromatic rings. The minimum Gasteiger partial charge on any atom is -0.444 e. The number of nitrogens with one attached hydrogen (secondary N) is 1. The zero-order valence-corrected chi connectivity index (χ0v) is 9.58. The van der Waals surface area contributed by atoms with Crippen LogP contribution in [0.3, 0.4) is 0 Å². The SMILES string of the molecule is CNCc1coc(-c2ccc(C(F)(F)F)cc2)n1. The molecule has 0 radical (unpaired) electrons. The minimum absolute atomic E-state index is 0.314. The molecule has 2 rings (SSSR count). The zero-order valence-electron chi connectivity index (χ0n) is 9.58. The number of hydrogen-bond donors (Lipinski definition) is 1. The number of nitrogens with zero attached hydrogens (tertiary/aromatic N) is 1. The molecule has 0 amide bonds. The number of oxazole rings is 1. The molecule has 0 saturated carbocycles. The standard InChI is InChI=1S/C12H11F3N2O/c1-16-6-10-7-18-11(17-10)8-2-4-9(5-3-8)12(13,14)15/h2-5,7,16H,6H2,1H3. The van der Waals surface area contributed by atoms with Gasteiger partial charge in [-0.15, -0.1) is 0 Å². The molecule has 1 aromatic heterocycles. The Bertz CT molecular complexity index is 517. The summed E-state index contributed by atoms with van der Waals surface area (Å²) in [5.41, 5.74) is 0.533. The molecule has 0 spiro atoms. The summed E-state index contributed by atoms with van der Waals surface area (Å²) in [6.45, 7) is 0.546. The Morgan fingerprint density at radius 3 is 2.44 bits per heavy atom. The van der Waals surface area contributed by atoms with Gasteiger partial charge in [-0.05, 0) is 31.3 Å². The molecule has 96 valence electrons. The number of rotatable bonds is 3. The molecule has 1 heterocycles. The fourth-order valence-corrected chi connectivity index (χ4v) is 1.50. The summed E-state index contributed by atoms with van der Waals surface area (Å²) >= 11 is 0. The van der Waals surface area contributed by atoms with Crippen molar-refractivity contribution in [2.45, 2.75) is 12.7 Å². The molecule has 0 aliphatic heterocycles. The normalized spacial score (nSPS) is 11.8. The minimum atomic E-state index is -4.33. The number of hydrogen-bond acceptors (Lipinski definition) is 3. The predicted molar refractivity (Wildman–Crippen MR) is 59.7 cm³/mol. The highest BCUT2D eigenvalue weighted by Gasteiger charge is 2.30. The number of halogens is 3. The summed E-state index contributed by atoms with van der Waals surface area (Å²) in [6, 6.07) is 4.71. The quantitative estimate of drug-likeness (QED) is 0.917. The smallest absolute Gasteiger partial charge is 0.416 e. The van der Waals surface area contributed by atoms with E-state index >= 15 is 0 Å². The van der Waals surface area contributed by atoms with E-state index in [4.69, 9.17) is 4.42 Å². The Hall–Kier alpha value is -1.82. The molecule has 0 atom stereocenters. The summed E-state index contributed by atoms with van der Waals surface area (Å²) in [5, 5.41) is 2.91. The van der Waals surface area contributed by atoms with E-state index in [1.165, 1.54) is 18.4 Å². The molecule has 0 bridgehead atoms. The van der Waals surface area contributed by atoms with Crippen LogP contribution in [0, 0.1) is 0 Å². The summed E-state index contributed by atoms with van der Waals surface area (Å²) in [5.74, 6) is 0.314. The Balaban J connectivity index is 2.23. The number of benzene rings is 1. The number of aromatic nitrogens is 1. The van der Waals surface area contributed by atoms with Gasteiger partial charge >= 0.3 is 6.18 Å². The molecular weight excluding hydrogens is 245 g/mol. The monoisotopic (exact) mass is 256 g/mol. The lowest BCUT2D eigenvalue weighted by atomic mass is 10.1. The van der Waals surface area contributed by atoms with Gasteiger partial charge in [0, 0.05) is 12.1 Å². The third-order valence-electron chi connectivity index (χ3n) is 2.37. The molecule has 0 aliphatic rings. The molecule has 0 fully saturated rings. The van der Waals surface area contributed by atoms with Crippen molar-refractivity contribution in [1.82, 2.24) is 10.3 Å². The van der Waals surface area contributed by atoms with Crippen LogP contribution < -0.4 is 5.32 Å². The highest BCUT2D eigenvalue weighted by molar-refractivity contribution is 5.53. The maximum atomic E-state index is 12.4. The van der Waals surface area contributed by atoms with Crippen LogP contribution in [0.1, 0.15) is 11.3 Å². The van der Waals surface area contributed by atoms with Crippen molar-refractivity contribution in [2.75, 3.05) is 7.05 Å². The third kappa shape index (κ3) is 2.70. The van der Waals surface area contributed by atoms with E-state index in [-0.39, 0.29) is 0 Å². The van der Waals surface area contributed by atoms with Crippen molar-refractivity contribution in [1.29, 1.82) is 0 Å². The van der Waals surface area contributed by atoms with Crippen molar-refractivity contribution in [3.63, 3.8) is 0 Å². The van der Waals surface area contributed by atoms with Crippen molar-refractivity contribution in [3.05, 3.63) is 41.8 Å². The highest BCUT2D eigenvalue weighted by atomic mass is 19.4. The Kier molecular flexibility index (Phi) is 3.38. The maximum Gasteiger partial charge on any atom is 0.416 e. The van der Waals surface area contributed by atoms with Gasteiger partial charge in [-0.2, -0.15) is 13.2 Å². The van der Waals surface area contributed by atoms with Gasteiger partial charge in [-0.1, -0.05) is 0 Å². The molecule has 1 N–H and O–H groups in total. The molecule has 0 unspecified atom stereocenters. The molecule has 0 aliphatic carbocycles. The van der Waals surface area contributed by atoms with Crippen LogP contribution in [0.25, 0.3) is 11.5 Å². The van der Waals surface area contributed by atoms with Gasteiger partial charge in [0.15, 0.2) is 0 Å². The van der Waals surface area contributed by atoms with E-state index in [0.29, 0.717) is 23.7 Å². The predicted octanol–water partition coefficient (Wildman–Crippen LogP) is 3.08. The van der Waals surface area contributed by atoms with Crippen LogP contribution >= 0.6 is 0 Å². The van der Waals surface area contributed by atoms with Gasteiger partial charge < -0.3 is 9.73 Å². The van der Waals surface area contributed by atoms with Crippen LogP contribution in [0.4, 0.5) is 13.2 Å². The van der Waals surface area contributed by atoms with Crippen LogP contribution in [0.5, 0.6) is 0 Å². The van der Waals surface area contributed by atoms with E-state index in [1.807, 2.05) is 0 Å². The fraction of sp³-hybridized carbons (Fsp3) is 0.250. The second-order valence-electron chi connectivity index (χ2n) is 3.75. The van der Waals surface area contributed by atoms with Crippen molar-refractivity contribution in [2.24, 2.45) is 0 Å². The lowest BCUT2D eigenvalue weighted by Gasteiger charge is -2.05. The van der Waals surface area contributed by atoms with Gasteiger partial charge in [0.25, 0.3) is 0 Å². The second-order valence-corrected chi connectivity index (χ2v) is 3.75. The molecule has 6 heteroatoms. The first-order valence-corrected chi connectivity index (χ1v) is 5.27. The first-order valence-electron chi connectivity index (χ1n) is 5.27. The Labute approximate surface area is 102 Å². The summed E-state index contributed by atoms with van der Waals surface area (Å²) in [4.78, 5) is 4.15. The van der Waals surface area contributed by atoms with Gasteiger partial charge in [0.1, 0.15) is 6.26 Å². The third-order valence-corrected chi connectivity index (χ3v) is 2.37. The largest absolute Gasteiger partial charge is 0.444 e. The molecule has 18 heavy (non-hydrogen) atoms. The van der Waals surface area contributed by atoms with Gasteiger partial charge in [-0.25, -0.2) is 4.98 Å². The van der Waals surface area contributed by atoms with Crippen LogP contribution in [-0.4, -0.2) is 12.0 Å². The average molecular weight is 256 g/mol. The van der Waals surface area contributed by atoms with E-state index in [2.05, 4.69) is 10.3 Å². The topological polar surface area (TPSA) is 38.1 Å². The molecule has 1 aromatic carbocycles. The first kappa shape index (κ1) is 12.6. The van der Waals surface area contributed by atoms with Crippen LogP contribution in [0.2, 0.25) is 0 Å². The number of alkyl halides is 3. The molecular formula is C12H11F3N2O. The highest BCUT2D eigenvalue weighted by Crippen LogP contribution is 2.30. The van der Waals surface area contributed by atoms with E-state index in [9.17, 15) is 13.2 Å². The summed E-state index contributed by atoms with van der Waals surface area (Å²) in [6.07, 6.45) is -2.85. The molecule has 0 saturated heterocycles. The van der Waals surface area contributed by atoms with Gasteiger partial charge in [0.05, 0.1) is 11.3 Å². The Morgan fingerprint density at radius 1 is 1.22 bits per heavy atom. The molecule has 3 nitrogen and oxygen atoms in total. The van der Waals surface area contributed by atoms with E-state index in [0.717, 1.165) is 12.1 Å². The van der Waals surface area contributed by atoms with Crippen LogP contribution in [-0.2, 0) is 12.7 Å². The lowest BCUT2D eigenvalue weighted by Crippen LogP contribution is -2.05. The maximum absolute atomic E-state index is 12.4. The van der Waals surface area contributed by atoms with Gasteiger partial charge in [0.2, 0.25) is 5.89 Å². The zero-order chi connectivity index (χ0) is 13.2. The fourth-order valence-electron chi connectivity index (χ4n) is 1.50. The van der Waals surface area contributed by atoms with Crippen molar-refractivity contribution in [3.8, 4) is 11.5 Å². The van der Waals surface area contributed by atoms with E-state index < -0.39 is 11.7 Å². The lowest BCUT2D eigenvalue weighted by molar-refractivity contribution is -0.137. The average Bonchev–Trinajstić information content (AvgIpc) is 2.77. The summed E-state index contributed by atoms with van der Waals surface area (Å²) < 4.78 is 42.3. The Morgan fingerprint density at radius 2 is 1.89 bits per heavy atom. The van der Waals surface area contributed by atoms with Gasteiger partial charge in [-0.3, -0.25) is 0 Å². The van der Waals surface area contributed by atoms with Crippen molar-refractivity contribution >= 4 is 0 Å². The van der Waals surface area contributed by atoms with Crippen LogP contribution in [0.15, 0.2) is 34.9 Å². The first-order chi connectivity index (χ1) is 8.50. The van der Waals surface area contributed by atoms with Crippen molar-refractivity contribution < 1.29 is 17.6 Å². The second kappa shape index (κ2) is 4.81. The van der Waals surface area contributed by atoms with E-state index in [1.54, 1.807) is 7.05 Å².